The van der Waals surface area contributed by atoms with E-state index in [1.807, 2.05) is 13.0 Å². The van der Waals surface area contributed by atoms with E-state index in [0.29, 0.717) is 19.3 Å². The lowest BCUT2D eigenvalue weighted by Gasteiger charge is -2.06. The van der Waals surface area contributed by atoms with Crippen molar-refractivity contribution in [1.29, 1.82) is 0 Å². The van der Waals surface area contributed by atoms with Crippen LogP contribution in [0.1, 0.15) is 24.8 Å². The van der Waals surface area contributed by atoms with Gasteiger partial charge in [-0.3, -0.25) is 9.78 Å². The Morgan fingerprint density at radius 2 is 2.33 bits per heavy atom. The van der Waals surface area contributed by atoms with Crippen LogP contribution in [0.15, 0.2) is 18.5 Å². The minimum absolute atomic E-state index is 0.0282. The monoisotopic (exact) mass is 208 g/mol. The van der Waals surface area contributed by atoms with Crippen molar-refractivity contribution in [3.05, 3.63) is 24.0 Å². The van der Waals surface area contributed by atoms with Gasteiger partial charge in [0, 0.05) is 19.2 Å². The summed E-state index contributed by atoms with van der Waals surface area (Å²) in [5.74, 6) is -0.0282. The zero-order valence-electron chi connectivity index (χ0n) is 8.86. The van der Waals surface area contributed by atoms with Crippen LogP contribution < -0.4 is 5.32 Å². The summed E-state index contributed by atoms with van der Waals surface area (Å²) in [6.45, 7) is 2.06. The Balaban J connectivity index is 2.41. The van der Waals surface area contributed by atoms with Gasteiger partial charge in [0.15, 0.2) is 0 Å². The van der Waals surface area contributed by atoms with Gasteiger partial charge in [0.25, 0.3) is 0 Å². The molecule has 1 rings (SSSR count). The van der Waals surface area contributed by atoms with Crippen LogP contribution in [0.5, 0.6) is 0 Å². The molecule has 1 amide bonds. The molecule has 4 heteroatoms. The number of anilines is 1. The summed E-state index contributed by atoms with van der Waals surface area (Å²) in [6, 6.07) is 1.85. The highest BCUT2D eigenvalue weighted by Gasteiger charge is 2.03. The molecule has 2 N–H and O–H groups in total. The second-order valence-electron chi connectivity index (χ2n) is 3.42. The third kappa shape index (κ3) is 4.08. The lowest BCUT2D eigenvalue weighted by atomic mass is 10.2. The maximum Gasteiger partial charge on any atom is 0.224 e. The minimum atomic E-state index is -0.0282. The van der Waals surface area contributed by atoms with Crippen LogP contribution >= 0.6 is 0 Å². The molecule has 0 aliphatic carbocycles. The topological polar surface area (TPSA) is 62.2 Å². The zero-order chi connectivity index (χ0) is 11.1. The van der Waals surface area contributed by atoms with Gasteiger partial charge in [-0.1, -0.05) is 0 Å². The third-order valence-electron chi connectivity index (χ3n) is 2.13. The van der Waals surface area contributed by atoms with Gasteiger partial charge < -0.3 is 10.4 Å². The number of nitrogens with zero attached hydrogens (tertiary/aromatic N) is 1. The molecule has 0 saturated carbocycles. The van der Waals surface area contributed by atoms with Crippen LogP contribution in [0.4, 0.5) is 5.69 Å². The molecule has 0 spiro atoms. The van der Waals surface area contributed by atoms with Crippen molar-refractivity contribution < 1.29 is 9.90 Å². The number of hydrogen-bond donors (Lipinski definition) is 2. The molecule has 0 atom stereocenters. The molecular formula is C11H16N2O2. The van der Waals surface area contributed by atoms with Gasteiger partial charge in [0.05, 0.1) is 11.9 Å². The predicted molar refractivity (Wildman–Crippen MR) is 58.5 cm³/mol. The van der Waals surface area contributed by atoms with E-state index in [4.69, 9.17) is 5.11 Å². The molecule has 1 heterocycles. The highest BCUT2D eigenvalue weighted by Crippen LogP contribution is 2.11. The van der Waals surface area contributed by atoms with E-state index in [1.54, 1.807) is 12.4 Å². The normalized spacial score (nSPS) is 10.0. The number of nitrogens with one attached hydrogen (secondary N) is 1. The van der Waals surface area contributed by atoms with Gasteiger partial charge in [-0.15, -0.1) is 0 Å². The Labute approximate surface area is 89.3 Å². The standard InChI is InChI=1S/C11H16N2O2/c1-9-5-6-12-8-10(9)13-11(15)4-2-3-7-14/h5-6,8,14H,2-4,7H2,1H3,(H,13,15). The fourth-order valence-electron chi connectivity index (χ4n) is 1.20. The second kappa shape index (κ2) is 6.14. The summed E-state index contributed by atoms with van der Waals surface area (Å²) in [5.41, 5.74) is 1.76. The molecule has 0 aliphatic heterocycles. The van der Waals surface area contributed by atoms with E-state index in [1.165, 1.54) is 0 Å². The van der Waals surface area contributed by atoms with Crippen molar-refractivity contribution >= 4 is 11.6 Å². The number of carbonyl (C=O) groups is 1. The molecule has 15 heavy (non-hydrogen) atoms. The molecule has 1 aromatic rings. The summed E-state index contributed by atoms with van der Waals surface area (Å²) < 4.78 is 0. The van der Waals surface area contributed by atoms with Crippen molar-refractivity contribution in [3.63, 3.8) is 0 Å². The van der Waals surface area contributed by atoms with Gasteiger partial charge in [-0.05, 0) is 31.4 Å². The van der Waals surface area contributed by atoms with Crippen LogP contribution in [-0.4, -0.2) is 22.6 Å². The summed E-state index contributed by atoms with van der Waals surface area (Å²) in [5, 5.41) is 11.4. The minimum Gasteiger partial charge on any atom is -0.396 e. The number of aryl methyl sites for hydroxylation is 1. The van der Waals surface area contributed by atoms with E-state index in [0.717, 1.165) is 11.3 Å². The molecule has 0 aliphatic rings. The van der Waals surface area contributed by atoms with Gasteiger partial charge in [0.1, 0.15) is 0 Å². The quantitative estimate of drug-likeness (QED) is 0.721. The van der Waals surface area contributed by atoms with Gasteiger partial charge in [-0.2, -0.15) is 0 Å². The molecule has 0 unspecified atom stereocenters. The molecule has 0 bridgehead atoms. The number of pyridine rings is 1. The Kier molecular flexibility index (Phi) is 4.77. The smallest absolute Gasteiger partial charge is 0.224 e. The summed E-state index contributed by atoms with van der Waals surface area (Å²) >= 11 is 0. The highest BCUT2D eigenvalue weighted by atomic mass is 16.2. The molecule has 1 aromatic heterocycles. The number of aliphatic hydroxyl groups excluding tert-OH is 1. The van der Waals surface area contributed by atoms with Crippen LogP contribution in [0.25, 0.3) is 0 Å². The third-order valence-corrected chi connectivity index (χ3v) is 2.13. The summed E-state index contributed by atoms with van der Waals surface area (Å²) in [6.07, 6.45) is 5.14. The average molecular weight is 208 g/mol. The molecular weight excluding hydrogens is 192 g/mol. The van der Waals surface area contributed by atoms with Crippen LogP contribution in [0, 0.1) is 6.92 Å². The van der Waals surface area contributed by atoms with Crippen molar-refractivity contribution in [2.75, 3.05) is 11.9 Å². The van der Waals surface area contributed by atoms with Crippen molar-refractivity contribution in [2.24, 2.45) is 0 Å². The van der Waals surface area contributed by atoms with E-state index < -0.39 is 0 Å². The number of aliphatic hydroxyl groups is 1. The maximum absolute atomic E-state index is 11.4. The van der Waals surface area contributed by atoms with Crippen LogP contribution in [-0.2, 0) is 4.79 Å². The Morgan fingerprint density at radius 1 is 1.53 bits per heavy atom. The van der Waals surface area contributed by atoms with Gasteiger partial charge in [0.2, 0.25) is 5.91 Å². The van der Waals surface area contributed by atoms with Crippen molar-refractivity contribution in [1.82, 2.24) is 4.98 Å². The van der Waals surface area contributed by atoms with Crippen LogP contribution in [0.2, 0.25) is 0 Å². The fraction of sp³-hybridized carbons (Fsp3) is 0.455. The second-order valence-corrected chi connectivity index (χ2v) is 3.42. The van der Waals surface area contributed by atoms with Crippen molar-refractivity contribution in [2.45, 2.75) is 26.2 Å². The summed E-state index contributed by atoms with van der Waals surface area (Å²) in [4.78, 5) is 15.4. The first-order valence-corrected chi connectivity index (χ1v) is 5.05. The maximum atomic E-state index is 11.4. The number of unbranched alkanes of at least 4 members (excludes halogenated alkanes) is 1. The number of rotatable bonds is 5. The first kappa shape index (κ1) is 11.7. The first-order chi connectivity index (χ1) is 7.24. The Morgan fingerprint density at radius 3 is 3.00 bits per heavy atom. The lowest BCUT2D eigenvalue weighted by molar-refractivity contribution is -0.116. The van der Waals surface area contributed by atoms with E-state index >= 15 is 0 Å². The number of aromatic nitrogens is 1. The van der Waals surface area contributed by atoms with Crippen LogP contribution in [0.3, 0.4) is 0 Å². The number of hydrogen-bond acceptors (Lipinski definition) is 3. The van der Waals surface area contributed by atoms with Crippen molar-refractivity contribution in [3.8, 4) is 0 Å². The van der Waals surface area contributed by atoms with E-state index in [9.17, 15) is 4.79 Å². The molecule has 0 fully saturated rings. The lowest BCUT2D eigenvalue weighted by Crippen LogP contribution is -2.12. The summed E-state index contributed by atoms with van der Waals surface area (Å²) in [7, 11) is 0. The SMILES string of the molecule is Cc1ccncc1NC(=O)CCCCO. The molecule has 0 radical (unpaired) electrons. The van der Waals surface area contributed by atoms with Gasteiger partial charge in [-0.25, -0.2) is 0 Å². The number of amides is 1. The predicted octanol–water partition coefficient (Wildman–Crippen LogP) is 1.49. The Hall–Kier alpha value is -1.42. The van der Waals surface area contributed by atoms with Gasteiger partial charge >= 0.3 is 0 Å². The highest BCUT2D eigenvalue weighted by molar-refractivity contribution is 5.91. The molecule has 4 nitrogen and oxygen atoms in total. The molecule has 0 aromatic carbocycles. The van der Waals surface area contributed by atoms with E-state index in [2.05, 4.69) is 10.3 Å². The average Bonchev–Trinajstić information content (AvgIpc) is 2.22. The zero-order valence-corrected chi connectivity index (χ0v) is 8.86. The largest absolute Gasteiger partial charge is 0.396 e. The Bertz CT molecular complexity index is 326. The fourth-order valence-corrected chi connectivity index (χ4v) is 1.20. The molecule has 82 valence electrons. The first-order valence-electron chi connectivity index (χ1n) is 5.05. The van der Waals surface area contributed by atoms with E-state index in [-0.39, 0.29) is 12.5 Å². The molecule has 0 saturated heterocycles. The number of carbonyl (C=O) groups excluding carboxylic acids is 1.